The van der Waals surface area contributed by atoms with Crippen LogP contribution in [0, 0.1) is 16.6 Å². The molecule has 0 bridgehead atoms. The summed E-state index contributed by atoms with van der Waals surface area (Å²) in [5.74, 6) is -0.350. The molecule has 0 atom stereocenters. The maximum absolute atomic E-state index is 13.5. The second-order valence-electron chi connectivity index (χ2n) is 7.90. The van der Waals surface area contributed by atoms with Gasteiger partial charge in [-0.15, -0.1) is 0 Å². The molecule has 160 valence electrons. The van der Waals surface area contributed by atoms with Crippen molar-refractivity contribution in [2.24, 2.45) is 5.41 Å². The highest BCUT2D eigenvalue weighted by Crippen LogP contribution is 2.16. The molecule has 1 aromatic heterocycles. The molecule has 1 heterocycles. The summed E-state index contributed by atoms with van der Waals surface area (Å²) in [5, 5.41) is 24.4. The maximum Gasteiger partial charge on any atom is 0.319 e. The molecule has 2 amide bonds. The Bertz CT molecular complexity index is 904. The first kappa shape index (κ1) is 23.2. The van der Waals surface area contributed by atoms with E-state index in [4.69, 9.17) is 10.5 Å². The Hall–Kier alpha value is -3.10. The van der Waals surface area contributed by atoms with Gasteiger partial charge in [0.25, 0.3) is 0 Å². The lowest BCUT2D eigenvalue weighted by atomic mass is 9.89. The van der Waals surface area contributed by atoms with Crippen molar-refractivity contribution in [3.63, 3.8) is 0 Å². The summed E-state index contributed by atoms with van der Waals surface area (Å²) in [6, 6.07) is 9.16. The van der Waals surface area contributed by atoms with Crippen LogP contribution >= 0.6 is 0 Å². The van der Waals surface area contributed by atoms with E-state index < -0.39 is 6.03 Å². The Labute approximate surface area is 175 Å². The van der Waals surface area contributed by atoms with E-state index >= 15 is 0 Å². The number of halogens is 1. The van der Waals surface area contributed by atoms with E-state index in [1.54, 1.807) is 35.7 Å². The van der Waals surface area contributed by atoms with E-state index in [9.17, 15) is 9.18 Å². The normalized spacial score (nSPS) is 11.8. The van der Waals surface area contributed by atoms with E-state index in [0.717, 1.165) is 5.69 Å². The van der Waals surface area contributed by atoms with E-state index in [1.165, 1.54) is 18.3 Å². The van der Waals surface area contributed by atoms with Crippen molar-refractivity contribution < 1.29 is 19.6 Å². The molecule has 0 radical (unpaired) electrons. The Morgan fingerprint density at radius 3 is 2.67 bits per heavy atom. The van der Waals surface area contributed by atoms with Crippen molar-refractivity contribution in [2.45, 2.75) is 27.2 Å². The molecule has 0 saturated heterocycles. The van der Waals surface area contributed by atoms with Gasteiger partial charge in [0, 0.05) is 42.0 Å². The Balaban J connectivity index is 2.04. The van der Waals surface area contributed by atoms with Crippen molar-refractivity contribution in [1.29, 1.82) is 5.41 Å². The smallest absolute Gasteiger partial charge is 0.319 e. The molecule has 7 nitrogen and oxygen atoms in total. The van der Waals surface area contributed by atoms with Gasteiger partial charge in [0.1, 0.15) is 17.2 Å². The Kier molecular flexibility index (Phi) is 8.20. The second-order valence-corrected chi connectivity index (χ2v) is 7.90. The monoisotopic (exact) mass is 414 g/mol. The summed E-state index contributed by atoms with van der Waals surface area (Å²) in [7, 11) is 0. The van der Waals surface area contributed by atoms with Crippen LogP contribution in [0.25, 0.3) is 0 Å². The number of aliphatic hydroxyl groups excluding tert-OH is 1. The van der Waals surface area contributed by atoms with Crippen LogP contribution in [0.4, 0.5) is 20.6 Å². The first-order valence-electron chi connectivity index (χ1n) is 9.68. The number of allylic oxidation sites excluding steroid dienone is 1. The van der Waals surface area contributed by atoms with Gasteiger partial charge in [-0.1, -0.05) is 26.8 Å². The third-order valence-corrected chi connectivity index (χ3v) is 4.24. The van der Waals surface area contributed by atoms with Crippen molar-refractivity contribution in [3.05, 3.63) is 65.9 Å². The number of nitrogens with zero attached hydrogens (tertiary/aromatic N) is 1. The third kappa shape index (κ3) is 7.73. The second kappa shape index (κ2) is 10.6. The summed E-state index contributed by atoms with van der Waals surface area (Å²) in [5.41, 5.74) is 2.62. The molecule has 2 aromatic rings. The third-order valence-electron chi connectivity index (χ3n) is 4.24. The number of nitrogens with one attached hydrogen (secondary N) is 3. The molecule has 0 aliphatic carbocycles. The lowest BCUT2D eigenvalue weighted by molar-refractivity contribution is -0.518. The molecule has 2 rings (SSSR count). The highest BCUT2D eigenvalue weighted by Gasteiger charge is 2.18. The van der Waals surface area contributed by atoms with Gasteiger partial charge in [0.15, 0.2) is 0 Å². The van der Waals surface area contributed by atoms with Gasteiger partial charge in [0.2, 0.25) is 0 Å². The van der Waals surface area contributed by atoms with Gasteiger partial charge in [-0.25, -0.2) is 9.18 Å². The molecule has 0 saturated carbocycles. The van der Waals surface area contributed by atoms with Crippen LogP contribution < -0.4 is 16.0 Å². The average molecular weight is 415 g/mol. The molecule has 0 aliphatic heterocycles. The standard InChI is InChI=1S/C22H28FN5O2/c1-22(2,3)20(24)12-19(27-17-6-4-5-15(23)11-17)14-26-21(30)28-18-8-7-16(9-10-29)25-13-18/h4-8,11-13,24,27,29H,9-10,14H2,1-3H3,(H2,26,28,30)/p+1/b19-12-,24-20?. The highest BCUT2D eigenvalue weighted by molar-refractivity contribution is 5.96. The summed E-state index contributed by atoms with van der Waals surface area (Å²) < 4.78 is 13.5. The zero-order valence-electron chi connectivity index (χ0n) is 17.5. The minimum absolute atomic E-state index is 0.0146. The molecule has 8 heteroatoms. The largest absolute Gasteiger partial charge is 0.396 e. The van der Waals surface area contributed by atoms with Crippen LogP contribution in [-0.2, 0) is 6.42 Å². The number of hydrogen-bond donors (Lipinski definition) is 5. The van der Waals surface area contributed by atoms with Crippen molar-refractivity contribution in [3.8, 4) is 0 Å². The zero-order valence-corrected chi connectivity index (χ0v) is 17.5. The van der Waals surface area contributed by atoms with Crippen LogP contribution in [0.5, 0.6) is 0 Å². The van der Waals surface area contributed by atoms with Crippen molar-refractivity contribution in [1.82, 2.24) is 10.3 Å². The van der Waals surface area contributed by atoms with Crippen LogP contribution in [-0.4, -0.2) is 35.0 Å². The highest BCUT2D eigenvalue weighted by atomic mass is 19.1. The molecule has 0 unspecified atom stereocenters. The number of carbonyl (C=O) groups excluding carboxylic acids is 1. The fourth-order valence-electron chi connectivity index (χ4n) is 2.47. The number of aromatic nitrogens is 1. The lowest BCUT2D eigenvalue weighted by Crippen LogP contribution is -2.77. The first-order valence-corrected chi connectivity index (χ1v) is 9.68. The molecule has 0 spiro atoms. The molecular formula is C22H29FN5O2+. The number of carbonyl (C=O) groups is 1. The van der Waals surface area contributed by atoms with E-state index in [0.29, 0.717) is 29.2 Å². The topological polar surface area (TPSA) is 115 Å². The van der Waals surface area contributed by atoms with Crippen molar-refractivity contribution >= 4 is 23.1 Å². The van der Waals surface area contributed by atoms with Crippen LogP contribution in [0.2, 0.25) is 0 Å². The minimum Gasteiger partial charge on any atom is -0.396 e. The number of quaternary nitrogens is 1. The fourth-order valence-corrected chi connectivity index (χ4v) is 2.47. The number of hydrogen-bond acceptors (Lipinski definition) is 4. The van der Waals surface area contributed by atoms with Gasteiger partial charge in [-0.3, -0.25) is 10.3 Å². The lowest BCUT2D eigenvalue weighted by Gasteiger charge is -2.17. The van der Waals surface area contributed by atoms with Crippen molar-refractivity contribution in [2.75, 3.05) is 18.5 Å². The van der Waals surface area contributed by atoms with Crippen LogP contribution in [0.3, 0.4) is 0 Å². The molecule has 30 heavy (non-hydrogen) atoms. The predicted molar refractivity (Wildman–Crippen MR) is 115 cm³/mol. The van der Waals surface area contributed by atoms with Crippen LogP contribution in [0.1, 0.15) is 26.5 Å². The van der Waals surface area contributed by atoms with Gasteiger partial charge < -0.3 is 21.1 Å². The van der Waals surface area contributed by atoms with E-state index in [-0.39, 0.29) is 24.4 Å². The molecule has 1 aromatic carbocycles. The van der Waals surface area contributed by atoms with E-state index in [1.807, 2.05) is 20.8 Å². The summed E-state index contributed by atoms with van der Waals surface area (Å²) >= 11 is 0. The van der Waals surface area contributed by atoms with Crippen LogP contribution in [0.15, 0.2) is 54.4 Å². The molecule has 0 aliphatic rings. The Morgan fingerprint density at radius 1 is 1.30 bits per heavy atom. The summed E-state index contributed by atoms with van der Waals surface area (Å²) in [6.45, 7) is 5.97. The molecule has 6 N–H and O–H groups in total. The van der Waals surface area contributed by atoms with Gasteiger partial charge in [-0.05, 0) is 24.3 Å². The predicted octanol–water partition coefficient (Wildman–Crippen LogP) is 2.72. The van der Waals surface area contributed by atoms with Gasteiger partial charge >= 0.3 is 6.03 Å². The number of pyridine rings is 1. The number of rotatable bonds is 8. The maximum atomic E-state index is 13.5. The Morgan fingerprint density at radius 2 is 2.07 bits per heavy atom. The van der Waals surface area contributed by atoms with E-state index in [2.05, 4.69) is 15.6 Å². The minimum atomic E-state index is -0.424. The number of urea groups is 1. The number of amides is 2. The summed E-state index contributed by atoms with van der Waals surface area (Å²) in [4.78, 5) is 16.4. The number of benzene rings is 1. The number of nitrogens with two attached hydrogens (primary N) is 1. The number of aliphatic hydroxyl groups is 1. The number of anilines is 1. The van der Waals surface area contributed by atoms with Gasteiger partial charge in [-0.2, -0.15) is 0 Å². The zero-order chi connectivity index (χ0) is 22.1. The first-order chi connectivity index (χ1) is 14.2. The SMILES string of the molecule is CC(C)(C)C(=N)/C=C(/CNC(=O)Nc1ccc(CCO)nc1)[NH2+]c1cccc(F)c1. The quantitative estimate of drug-likeness (QED) is 0.338. The summed E-state index contributed by atoms with van der Waals surface area (Å²) in [6.07, 6.45) is 3.67. The molecular weight excluding hydrogens is 385 g/mol. The molecule has 0 fully saturated rings. The average Bonchev–Trinajstić information content (AvgIpc) is 2.67. The van der Waals surface area contributed by atoms with Gasteiger partial charge in [0.05, 0.1) is 18.4 Å². The fraction of sp³-hybridized carbons (Fsp3) is 0.318.